The first-order valence-electron chi connectivity index (χ1n) is 7.79. The van der Waals surface area contributed by atoms with Crippen LogP contribution in [0.2, 0.25) is 0 Å². The lowest BCUT2D eigenvalue weighted by atomic mass is 10.0. The van der Waals surface area contributed by atoms with E-state index in [-0.39, 0.29) is 18.2 Å². The van der Waals surface area contributed by atoms with Crippen LogP contribution in [0.1, 0.15) is 46.0 Å². The average molecular weight is 291 g/mol. The van der Waals surface area contributed by atoms with Gasteiger partial charge in [-0.3, -0.25) is 4.79 Å². The summed E-state index contributed by atoms with van der Waals surface area (Å²) in [5.41, 5.74) is 0.731. The number of rotatable bonds is 6. The monoisotopic (exact) mass is 291 g/mol. The lowest BCUT2D eigenvalue weighted by Crippen LogP contribution is -2.23. The van der Waals surface area contributed by atoms with Crippen molar-refractivity contribution >= 4 is 11.6 Å². The van der Waals surface area contributed by atoms with E-state index in [1.807, 2.05) is 38.1 Å². The number of hydrogen-bond donors (Lipinski definition) is 2. The highest BCUT2D eigenvalue weighted by Crippen LogP contribution is 2.25. The van der Waals surface area contributed by atoms with E-state index >= 15 is 0 Å². The number of carbonyl (C=O) groups excluding carboxylic acids is 1. The summed E-state index contributed by atoms with van der Waals surface area (Å²) in [7, 11) is 0. The Morgan fingerprint density at radius 3 is 2.48 bits per heavy atom. The Morgan fingerprint density at radius 2 is 1.90 bits per heavy atom. The highest BCUT2D eigenvalue weighted by atomic mass is 16.5. The van der Waals surface area contributed by atoms with Crippen molar-refractivity contribution in [3.63, 3.8) is 0 Å². The van der Waals surface area contributed by atoms with Gasteiger partial charge in [0.25, 0.3) is 0 Å². The quantitative estimate of drug-likeness (QED) is 0.845. The summed E-state index contributed by atoms with van der Waals surface area (Å²) in [5.74, 6) is 0.765. The molecule has 4 heteroatoms. The highest BCUT2D eigenvalue weighted by molar-refractivity contribution is 5.91. The largest absolute Gasteiger partial charge is 0.490 e. The third kappa shape index (κ3) is 5.05. The second-order valence-corrected chi connectivity index (χ2v) is 6.11. The van der Waals surface area contributed by atoms with Gasteiger partial charge in [0.15, 0.2) is 0 Å². The first kappa shape index (κ1) is 15.8. The van der Waals surface area contributed by atoms with Crippen LogP contribution in [0.25, 0.3) is 0 Å². The zero-order valence-corrected chi connectivity index (χ0v) is 12.8. The van der Waals surface area contributed by atoms with Gasteiger partial charge in [-0.15, -0.1) is 0 Å². The molecule has 0 radical (unpaired) electrons. The van der Waals surface area contributed by atoms with Crippen LogP contribution in [0.3, 0.4) is 0 Å². The van der Waals surface area contributed by atoms with E-state index in [2.05, 4.69) is 5.32 Å². The fourth-order valence-corrected chi connectivity index (χ4v) is 2.45. The minimum Gasteiger partial charge on any atom is -0.490 e. The maximum absolute atomic E-state index is 11.8. The van der Waals surface area contributed by atoms with Gasteiger partial charge in [-0.25, -0.2) is 0 Å². The molecule has 1 unspecified atom stereocenters. The summed E-state index contributed by atoms with van der Waals surface area (Å²) >= 11 is 0. The summed E-state index contributed by atoms with van der Waals surface area (Å²) in [4.78, 5) is 11.8. The Morgan fingerprint density at radius 1 is 1.29 bits per heavy atom. The number of amides is 1. The van der Waals surface area contributed by atoms with Crippen molar-refractivity contribution in [2.45, 2.75) is 58.2 Å². The van der Waals surface area contributed by atoms with Gasteiger partial charge in [-0.1, -0.05) is 13.8 Å². The number of hydrogen-bond acceptors (Lipinski definition) is 3. The SMILES string of the molecule is CC(C)C(O)CC(=O)Nc1ccc(OC2CCCC2)cc1. The molecule has 1 aliphatic rings. The van der Waals surface area contributed by atoms with E-state index in [1.165, 1.54) is 12.8 Å². The Labute approximate surface area is 126 Å². The van der Waals surface area contributed by atoms with Crippen LogP contribution in [0.4, 0.5) is 5.69 Å². The van der Waals surface area contributed by atoms with E-state index in [9.17, 15) is 9.90 Å². The Kier molecular flexibility index (Phi) is 5.62. The summed E-state index contributed by atoms with van der Waals surface area (Å²) in [6.45, 7) is 3.79. The standard InChI is InChI=1S/C17H25NO3/c1-12(2)16(19)11-17(20)18-13-7-9-15(10-8-13)21-14-5-3-4-6-14/h7-10,12,14,16,19H,3-6,11H2,1-2H3,(H,18,20). The highest BCUT2D eigenvalue weighted by Gasteiger charge is 2.17. The third-order valence-electron chi connectivity index (χ3n) is 3.91. The summed E-state index contributed by atoms with van der Waals surface area (Å²) in [6.07, 6.45) is 4.62. The molecule has 0 spiro atoms. The van der Waals surface area contributed by atoms with Gasteiger partial charge >= 0.3 is 0 Å². The molecule has 1 amide bonds. The molecule has 0 heterocycles. The fourth-order valence-electron chi connectivity index (χ4n) is 2.45. The molecule has 2 rings (SSSR count). The normalized spacial score (nSPS) is 17.0. The molecular formula is C17H25NO3. The third-order valence-corrected chi connectivity index (χ3v) is 3.91. The van der Waals surface area contributed by atoms with E-state index in [1.54, 1.807) is 0 Å². The molecule has 4 nitrogen and oxygen atoms in total. The summed E-state index contributed by atoms with van der Waals surface area (Å²) < 4.78 is 5.88. The first-order valence-corrected chi connectivity index (χ1v) is 7.79. The zero-order valence-electron chi connectivity index (χ0n) is 12.8. The molecular weight excluding hydrogens is 266 g/mol. The second-order valence-electron chi connectivity index (χ2n) is 6.11. The van der Waals surface area contributed by atoms with Crippen molar-refractivity contribution in [1.82, 2.24) is 0 Å². The molecule has 1 aromatic rings. The Balaban J connectivity index is 1.82. The van der Waals surface area contributed by atoms with Gasteiger partial charge in [0.1, 0.15) is 5.75 Å². The predicted octanol–water partition coefficient (Wildman–Crippen LogP) is 3.35. The van der Waals surface area contributed by atoms with Crippen molar-refractivity contribution < 1.29 is 14.6 Å². The molecule has 0 saturated heterocycles. The smallest absolute Gasteiger partial charge is 0.226 e. The topological polar surface area (TPSA) is 58.6 Å². The van der Waals surface area contributed by atoms with E-state index in [0.717, 1.165) is 24.3 Å². The van der Waals surface area contributed by atoms with E-state index in [0.29, 0.717) is 6.10 Å². The van der Waals surface area contributed by atoms with Crippen LogP contribution in [-0.2, 0) is 4.79 Å². The van der Waals surface area contributed by atoms with Crippen molar-refractivity contribution in [3.8, 4) is 5.75 Å². The average Bonchev–Trinajstić information content (AvgIpc) is 2.93. The van der Waals surface area contributed by atoms with Gasteiger partial charge in [-0.2, -0.15) is 0 Å². The molecule has 1 fully saturated rings. The van der Waals surface area contributed by atoms with E-state index in [4.69, 9.17) is 4.74 Å². The van der Waals surface area contributed by atoms with Gasteiger partial charge < -0.3 is 15.2 Å². The molecule has 1 aromatic carbocycles. The van der Waals surface area contributed by atoms with Crippen LogP contribution in [0.15, 0.2) is 24.3 Å². The van der Waals surface area contributed by atoms with Crippen LogP contribution < -0.4 is 10.1 Å². The Bertz CT molecular complexity index is 450. The van der Waals surface area contributed by atoms with Crippen LogP contribution >= 0.6 is 0 Å². The maximum Gasteiger partial charge on any atom is 0.226 e. The van der Waals surface area contributed by atoms with Gasteiger partial charge in [0.05, 0.1) is 18.6 Å². The van der Waals surface area contributed by atoms with E-state index < -0.39 is 6.10 Å². The van der Waals surface area contributed by atoms with Crippen molar-refractivity contribution in [1.29, 1.82) is 0 Å². The van der Waals surface area contributed by atoms with Gasteiger partial charge in [0.2, 0.25) is 5.91 Å². The number of nitrogens with one attached hydrogen (secondary N) is 1. The molecule has 116 valence electrons. The van der Waals surface area contributed by atoms with Crippen molar-refractivity contribution in [2.75, 3.05) is 5.32 Å². The van der Waals surface area contributed by atoms with Crippen molar-refractivity contribution in [3.05, 3.63) is 24.3 Å². The number of anilines is 1. The number of ether oxygens (including phenoxy) is 1. The number of benzene rings is 1. The minimum atomic E-state index is -0.602. The Hall–Kier alpha value is -1.55. The summed E-state index contributed by atoms with van der Waals surface area (Å²) in [5, 5.41) is 12.5. The van der Waals surface area contributed by atoms with Gasteiger partial charge in [-0.05, 0) is 55.9 Å². The second kappa shape index (κ2) is 7.46. The number of aliphatic hydroxyl groups is 1. The van der Waals surface area contributed by atoms with Crippen LogP contribution in [-0.4, -0.2) is 23.2 Å². The first-order chi connectivity index (χ1) is 10.0. The number of carbonyl (C=O) groups is 1. The zero-order chi connectivity index (χ0) is 15.2. The molecule has 0 aromatic heterocycles. The van der Waals surface area contributed by atoms with Crippen LogP contribution in [0, 0.1) is 5.92 Å². The van der Waals surface area contributed by atoms with Gasteiger partial charge in [0, 0.05) is 5.69 Å². The minimum absolute atomic E-state index is 0.0814. The fraction of sp³-hybridized carbons (Fsp3) is 0.588. The molecule has 1 aliphatic carbocycles. The van der Waals surface area contributed by atoms with Crippen LogP contribution in [0.5, 0.6) is 5.75 Å². The molecule has 0 bridgehead atoms. The molecule has 21 heavy (non-hydrogen) atoms. The number of aliphatic hydroxyl groups excluding tert-OH is 1. The molecule has 1 saturated carbocycles. The molecule has 1 atom stereocenters. The molecule has 0 aliphatic heterocycles. The van der Waals surface area contributed by atoms with Crippen molar-refractivity contribution in [2.24, 2.45) is 5.92 Å². The molecule has 2 N–H and O–H groups in total. The lowest BCUT2D eigenvalue weighted by molar-refractivity contribution is -0.118. The lowest BCUT2D eigenvalue weighted by Gasteiger charge is -2.15. The summed E-state index contributed by atoms with van der Waals surface area (Å²) in [6, 6.07) is 7.44. The maximum atomic E-state index is 11.8. The predicted molar refractivity (Wildman–Crippen MR) is 83.4 cm³/mol.